The molecule has 1 N–H and O–H groups in total. The average Bonchev–Trinajstić information content (AvgIpc) is 2.72. The number of sulfonamides is 1. The number of morpholine rings is 1. The minimum atomic E-state index is -3.53. The number of hydrogen-bond acceptors (Lipinski definition) is 5. The molecule has 0 spiro atoms. The van der Waals surface area contributed by atoms with Crippen LogP contribution in [0.25, 0.3) is 0 Å². The highest BCUT2D eigenvalue weighted by Gasteiger charge is 2.31. The van der Waals surface area contributed by atoms with Crippen molar-refractivity contribution in [3.05, 3.63) is 29.3 Å². The zero-order chi connectivity index (χ0) is 20.0. The summed E-state index contributed by atoms with van der Waals surface area (Å²) >= 11 is 5.84. The first-order chi connectivity index (χ1) is 13.5. The molecule has 1 aromatic rings. The van der Waals surface area contributed by atoms with Gasteiger partial charge in [-0.2, -0.15) is 4.31 Å². The predicted octanol–water partition coefficient (Wildman–Crippen LogP) is 1.58. The summed E-state index contributed by atoms with van der Waals surface area (Å²) in [7, 11) is -3.53. The Morgan fingerprint density at radius 2 is 1.75 bits per heavy atom. The van der Waals surface area contributed by atoms with Crippen LogP contribution < -0.4 is 5.32 Å². The van der Waals surface area contributed by atoms with Crippen molar-refractivity contribution in [2.75, 3.05) is 52.5 Å². The molecule has 3 rings (SSSR count). The lowest BCUT2D eigenvalue weighted by Gasteiger charge is -2.30. The van der Waals surface area contributed by atoms with Crippen molar-refractivity contribution in [2.45, 2.75) is 24.2 Å². The molecule has 2 saturated heterocycles. The lowest BCUT2D eigenvalue weighted by Crippen LogP contribution is -2.43. The second-order valence-electron chi connectivity index (χ2n) is 7.23. The number of ether oxygens (including phenoxy) is 1. The first kappa shape index (κ1) is 21.5. The fourth-order valence-corrected chi connectivity index (χ4v) is 5.19. The molecule has 0 aromatic heterocycles. The number of benzene rings is 1. The van der Waals surface area contributed by atoms with Crippen LogP contribution in [0.5, 0.6) is 0 Å². The van der Waals surface area contributed by atoms with Crippen LogP contribution in [0.1, 0.15) is 19.3 Å². The Labute approximate surface area is 172 Å². The maximum Gasteiger partial charge on any atom is 0.243 e. The van der Waals surface area contributed by atoms with E-state index in [1.54, 1.807) is 12.1 Å². The highest BCUT2D eigenvalue weighted by molar-refractivity contribution is 7.89. The van der Waals surface area contributed by atoms with Gasteiger partial charge in [-0.15, -0.1) is 0 Å². The quantitative estimate of drug-likeness (QED) is 0.666. The van der Waals surface area contributed by atoms with E-state index in [1.165, 1.54) is 16.4 Å². The third kappa shape index (κ3) is 5.67. The minimum absolute atomic E-state index is 0.0329. The van der Waals surface area contributed by atoms with E-state index in [4.69, 9.17) is 16.3 Å². The number of nitrogens with one attached hydrogen (secondary N) is 1. The van der Waals surface area contributed by atoms with E-state index in [0.29, 0.717) is 37.5 Å². The number of halogens is 1. The highest BCUT2D eigenvalue weighted by atomic mass is 35.5. The third-order valence-corrected chi connectivity index (χ3v) is 7.50. The van der Waals surface area contributed by atoms with Gasteiger partial charge in [0.25, 0.3) is 0 Å². The Bertz CT molecular complexity index is 743. The summed E-state index contributed by atoms with van der Waals surface area (Å²) in [6, 6.07) is 6.19. The number of rotatable bonds is 7. The molecule has 156 valence electrons. The van der Waals surface area contributed by atoms with Crippen molar-refractivity contribution >= 4 is 27.5 Å². The van der Waals surface area contributed by atoms with Gasteiger partial charge in [0.1, 0.15) is 0 Å². The predicted molar refractivity (Wildman–Crippen MR) is 108 cm³/mol. The van der Waals surface area contributed by atoms with Crippen LogP contribution in [-0.4, -0.2) is 76.0 Å². The molecule has 2 fully saturated rings. The van der Waals surface area contributed by atoms with Crippen LogP contribution in [0.2, 0.25) is 5.02 Å². The molecule has 0 bridgehead atoms. The second-order valence-corrected chi connectivity index (χ2v) is 9.61. The lowest BCUT2D eigenvalue weighted by atomic mass is 9.97. The van der Waals surface area contributed by atoms with E-state index in [2.05, 4.69) is 10.2 Å². The van der Waals surface area contributed by atoms with Crippen molar-refractivity contribution in [3.63, 3.8) is 0 Å². The fourth-order valence-electron chi connectivity index (χ4n) is 3.60. The van der Waals surface area contributed by atoms with Gasteiger partial charge in [-0.3, -0.25) is 9.69 Å². The highest BCUT2D eigenvalue weighted by Crippen LogP contribution is 2.24. The summed E-state index contributed by atoms with van der Waals surface area (Å²) in [5.41, 5.74) is 0. The Hall–Kier alpha value is -1.19. The van der Waals surface area contributed by atoms with Crippen molar-refractivity contribution in [3.8, 4) is 0 Å². The SMILES string of the molecule is O=C(NCCCN1CCOCC1)C1CCN(S(=O)(=O)c2ccc(Cl)cc2)CC1. The third-order valence-electron chi connectivity index (χ3n) is 5.33. The van der Waals surface area contributed by atoms with E-state index in [1.807, 2.05) is 0 Å². The van der Waals surface area contributed by atoms with Crippen LogP contribution in [-0.2, 0) is 19.6 Å². The van der Waals surface area contributed by atoms with Gasteiger partial charge >= 0.3 is 0 Å². The van der Waals surface area contributed by atoms with Gasteiger partial charge in [0.2, 0.25) is 15.9 Å². The zero-order valence-corrected chi connectivity index (χ0v) is 17.6. The molecule has 2 heterocycles. The molecule has 0 radical (unpaired) electrons. The van der Waals surface area contributed by atoms with Crippen molar-refractivity contribution in [2.24, 2.45) is 5.92 Å². The summed E-state index contributed by atoms with van der Waals surface area (Å²) in [5, 5.41) is 3.51. The molecule has 0 saturated carbocycles. The van der Waals surface area contributed by atoms with Gasteiger partial charge in [-0.1, -0.05) is 11.6 Å². The number of amides is 1. The molecule has 1 aromatic carbocycles. The van der Waals surface area contributed by atoms with Crippen LogP contribution in [0.15, 0.2) is 29.2 Å². The largest absolute Gasteiger partial charge is 0.379 e. The van der Waals surface area contributed by atoms with Gasteiger partial charge in [0, 0.05) is 43.7 Å². The summed E-state index contributed by atoms with van der Waals surface area (Å²) in [4.78, 5) is 15.0. The number of carbonyl (C=O) groups is 1. The van der Waals surface area contributed by atoms with Gasteiger partial charge in [0.05, 0.1) is 18.1 Å². The van der Waals surface area contributed by atoms with Gasteiger partial charge in [-0.05, 0) is 50.1 Å². The van der Waals surface area contributed by atoms with Crippen molar-refractivity contribution in [1.29, 1.82) is 0 Å². The lowest BCUT2D eigenvalue weighted by molar-refractivity contribution is -0.126. The molecule has 1 amide bonds. The maximum absolute atomic E-state index is 12.7. The Morgan fingerprint density at radius 3 is 2.39 bits per heavy atom. The first-order valence-electron chi connectivity index (χ1n) is 9.80. The van der Waals surface area contributed by atoms with E-state index in [0.717, 1.165) is 39.3 Å². The Kier molecular flexibility index (Phi) is 7.70. The molecule has 28 heavy (non-hydrogen) atoms. The molecule has 0 atom stereocenters. The molecular weight excluding hydrogens is 402 g/mol. The summed E-state index contributed by atoms with van der Waals surface area (Å²) in [6.45, 7) is 5.80. The van der Waals surface area contributed by atoms with Crippen LogP contribution in [0.4, 0.5) is 0 Å². The molecule has 0 unspecified atom stereocenters. The number of piperidine rings is 1. The summed E-state index contributed by atoms with van der Waals surface area (Å²) < 4.78 is 32.2. The summed E-state index contributed by atoms with van der Waals surface area (Å²) in [5.74, 6) is -0.0921. The Morgan fingerprint density at radius 1 is 1.11 bits per heavy atom. The minimum Gasteiger partial charge on any atom is -0.379 e. The van der Waals surface area contributed by atoms with E-state index < -0.39 is 10.0 Å². The van der Waals surface area contributed by atoms with Crippen molar-refractivity contribution < 1.29 is 17.9 Å². The van der Waals surface area contributed by atoms with Gasteiger partial charge in [0.15, 0.2) is 0 Å². The monoisotopic (exact) mass is 429 g/mol. The van der Waals surface area contributed by atoms with Crippen molar-refractivity contribution in [1.82, 2.24) is 14.5 Å². The number of nitrogens with zero attached hydrogens (tertiary/aromatic N) is 2. The number of carbonyl (C=O) groups excluding carboxylic acids is 1. The molecule has 9 heteroatoms. The van der Waals surface area contributed by atoms with E-state index in [-0.39, 0.29) is 16.7 Å². The zero-order valence-electron chi connectivity index (χ0n) is 16.0. The van der Waals surface area contributed by atoms with Crippen LogP contribution in [0, 0.1) is 5.92 Å². The Balaban J connectivity index is 1.40. The fraction of sp³-hybridized carbons (Fsp3) is 0.632. The topological polar surface area (TPSA) is 79.0 Å². The van der Waals surface area contributed by atoms with E-state index in [9.17, 15) is 13.2 Å². The molecule has 2 aliphatic heterocycles. The molecule has 2 aliphatic rings. The average molecular weight is 430 g/mol. The van der Waals surface area contributed by atoms with Gasteiger partial charge in [-0.25, -0.2) is 8.42 Å². The smallest absolute Gasteiger partial charge is 0.243 e. The van der Waals surface area contributed by atoms with Gasteiger partial charge < -0.3 is 10.1 Å². The molecule has 0 aliphatic carbocycles. The summed E-state index contributed by atoms with van der Waals surface area (Å²) in [6.07, 6.45) is 2.00. The van der Waals surface area contributed by atoms with E-state index >= 15 is 0 Å². The normalized spacial score (nSPS) is 20.2. The standard InChI is InChI=1S/C19H28ClN3O4S/c20-17-2-4-18(5-3-17)28(25,26)23-10-6-16(7-11-23)19(24)21-8-1-9-22-12-14-27-15-13-22/h2-5,16H,1,6-15H2,(H,21,24). The molecule has 7 nitrogen and oxygen atoms in total. The number of hydrogen-bond donors (Lipinski definition) is 1. The molecular formula is C19H28ClN3O4S. The van der Waals surface area contributed by atoms with Crippen LogP contribution >= 0.6 is 11.6 Å². The van der Waals surface area contributed by atoms with Crippen LogP contribution in [0.3, 0.4) is 0 Å². The maximum atomic E-state index is 12.7. The first-order valence-corrected chi connectivity index (χ1v) is 11.6. The second kappa shape index (κ2) is 10.0.